The summed E-state index contributed by atoms with van der Waals surface area (Å²) < 4.78 is 5.07. The van der Waals surface area contributed by atoms with Gasteiger partial charge in [-0.15, -0.1) is 0 Å². The topological polar surface area (TPSA) is 117 Å². The molecule has 8 heteroatoms. The molecule has 0 saturated carbocycles. The van der Waals surface area contributed by atoms with E-state index in [4.69, 9.17) is 9.84 Å². The van der Waals surface area contributed by atoms with Crippen molar-refractivity contribution in [1.82, 2.24) is 10.6 Å². The summed E-state index contributed by atoms with van der Waals surface area (Å²) in [6.45, 7) is 6.98. The maximum absolute atomic E-state index is 12.2. The Bertz CT molecular complexity index is 683. The van der Waals surface area contributed by atoms with E-state index in [1.54, 1.807) is 45.0 Å². The molecule has 0 aromatic heterocycles. The summed E-state index contributed by atoms with van der Waals surface area (Å²) in [5.41, 5.74) is 2.18. The van der Waals surface area contributed by atoms with Gasteiger partial charge in [0, 0.05) is 24.9 Å². The quantitative estimate of drug-likeness (QED) is 0.609. The van der Waals surface area contributed by atoms with E-state index in [0.29, 0.717) is 17.0 Å². The van der Waals surface area contributed by atoms with Gasteiger partial charge < -0.3 is 25.8 Å². The van der Waals surface area contributed by atoms with E-state index in [9.17, 15) is 14.4 Å². The summed E-state index contributed by atoms with van der Waals surface area (Å²) in [6.07, 6.45) is 0. The smallest absolute Gasteiger partial charge is 0.338 e. The van der Waals surface area contributed by atoms with Gasteiger partial charge in [0.25, 0.3) is 0 Å². The highest BCUT2D eigenvalue weighted by molar-refractivity contribution is 5.95. The van der Waals surface area contributed by atoms with Crippen LogP contribution in [0.25, 0.3) is 0 Å². The number of amides is 3. The lowest BCUT2D eigenvalue weighted by Crippen LogP contribution is -2.45. The molecule has 1 heterocycles. The van der Waals surface area contributed by atoms with Gasteiger partial charge in [0.15, 0.2) is 0 Å². The standard InChI is InChI=1S/C16H19N3O4.C2H6O/c1-4-23-15(21)13-9(2)17-16(22)19-14(13)11-5-7-12(8-6-11)18-10(3)20;1-2-3/h5-8,14H,4H2,1-3H3,(H,18,20)(H2,17,19,22);3H,2H2,1H3. The van der Waals surface area contributed by atoms with Crippen LogP contribution in [-0.4, -0.2) is 36.2 Å². The fraction of sp³-hybridized carbons (Fsp3) is 0.389. The van der Waals surface area contributed by atoms with Crippen LogP contribution in [0.4, 0.5) is 10.5 Å². The summed E-state index contributed by atoms with van der Waals surface area (Å²) in [5, 5.41) is 15.5. The molecule has 3 amide bonds. The molecular weight excluding hydrogens is 338 g/mol. The number of aliphatic hydroxyl groups is 1. The Kier molecular flexibility index (Phi) is 8.30. The van der Waals surface area contributed by atoms with Crippen molar-refractivity contribution in [3.05, 3.63) is 41.1 Å². The first-order valence-electron chi connectivity index (χ1n) is 8.27. The maximum Gasteiger partial charge on any atom is 0.338 e. The summed E-state index contributed by atoms with van der Waals surface area (Å²) in [6, 6.07) is 5.93. The first kappa shape index (κ1) is 21.2. The molecule has 26 heavy (non-hydrogen) atoms. The van der Waals surface area contributed by atoms with Crippen LogP contribution in [0.1, 0.15) is 39.3 Å². The van der Waals surface area contributed by atoms with Gasteiger partial charge in [-0.2, -0.15) is 0 Å². The van der Waals surface area contributed by atoms with Gasteiger partial charge in [-0.05, 0) is 38.5 Å². The van der Waals surface area contributed by atoms with E-state index in [1.165, 1.54) is 6.92 Å². The van der Waals surface area contributed by atoms with E-state index in [1.807, 2.05) is 0 Å². The minimum Gasteiger partial charge on any atom is -0.463 e. The number of urea groups is 1. The molecule has 1 aliphatic heterocycles. The van der Waals surface area contributed by atoms with Crippen molar-refractivity contribution < 1.29 is 24.2 Å². The van der Waals surface area contributed by atoms with Crippen molar-refractivity contribution in [3.8, 4) is 0 Å². The Morgan fingerprint density at radius 2 is 1.81 bits per heavy atom. The molecule has 0 radical (unpaired) electrons. The van der Waals surface area contributed by atoms with Gasteiger partial charge in [0.1, 0.15) is 0 Å². The molecule has 1 atom stereocenters. The van der Waals surface area contributed by atoms with Gasteiger partial charge in [0.2, 0.25) is 5.91 Å². The molecule has 142 valence electrons. The highest BCUT2D eigenvalue weighted by Gasteiger charge is 2.31. The van der Waals surface area contributed by atoms with Crippen LogP contribution in [0, 0.1) is 0 Å². The molecular formula is C18H25N3O5. The number of allylic oxidation sites excluding steroid dienone is 1. The number of anilines is 1. The largest absolute Gasteiger partial charge is 0.463 e. The van der Waals surface area contributed by atoms with Crippen LogP contribution in [0.5, 0.6) is 0 Å². The molecule has 1 aliphatic rings. The Morgan fingerprint density at radius 1 is 1.23 bits per heavy atom. The van der Waals surface area contributed by atoms with Crippen LogP contribution in [0.2, 0.25) is 0 Å². The third kappa shape index (κ3) is 5.89. The second-order valence-electron chi connectivity index (χ2n) is 5.41. The molecule has 0 spiro atoms. The van der Waals surface area contributed by atoms with Crippen LogP contribution >= 0.6 is 0 Å². The lowest BCUT2D eigenvalue weighted by Gasteiger charge is -2.28. The second kappa shape index (κ2) is 10.2. The fourth-order valence-electron chi connectivity index (χ4n) is 2.39. The van der Waals surface area contributed by atoms with Crippen molar-refractivity contribution in [2.75, 3.05) is 18.5 Å². The van der Waals surface area contributed by atoms with E-state index in [-0.39, 0.29) is 25.2 Å². The summed E-state index contributed by atoms with van der Waals surface area (Å²) in [5.74, 6) is -0.649. The van der Waals surface area contributed by atoms with E-state index in [0.717, 1.165) is 5.56 Å². The minimum atomic E-state index is -0.603. The zero-order valence-corrected chi connectivity index (χ0v) is 15.4. The predicted molar refractivity (Wildman–Crippen MR) is 97.2 cm³/mol. The number of benzene rings is 1. The van der Waals surface area contributed by atoms with Crippen molar-refractivity contribution in [3.63, 3.8) is 0 Å². The van der Waals surface area contributed by atoms with Crippen LogP contribution < -0.4 is 16.0 Å². The van der Waals surface area contributed by atoms with Crippen molar-refractivity contribution in [2.24, 2.45) is 0 Å². The number of ether oxygens (including phenoxy) is 1. The van der Waals surface area contributed by atoms with Gasteiger partial charge in [-0.3, -0.25) is 4.79 Å². The van der Waals surface area contributed by atoms with Gasteiger partial charge in [0.05, 0.1) is 18.2 Å². The van der Waals surface area contributed by atoms with Crippen LogP contribution in [-0.2, 0) is 14.3 Å². The number of nitrogens with one attached hydrogen (secondary N) is 3. The number of aliphatic hydroxyl groups excluding tert-OH is 1. The minimum absolute atomic E-state index is 0.170. The summed E-state index contributed by atoms with van der Waals surface area (Å²) in [4.78, 5) is 35.0. The lowest BCUT2D eigenvalue weighted by molar-refractivity contribution is -0.139. The molecule has 1 aromatic rings. The number of carbonyl (C=O) groups excluding carboxylic acids is 3. The molecule has 1 aromatic carbocycles. The molecule has 1 unspecified atom stereocenters. The maximum atomic E-state index is 12.2. The average Bonchev–Trinajstić information content (AvgIpc) is 2.55. The molecule has 2 rings (SSSR count). The lowest BCUT2D eigenvalue weighted by atomic mass is 9.95. The monoisotopic (exact) mass is 363 g/mol. The molecule has 0 aliphatic carbocycles. The second-order valence-corrected chi connectivity index (χ2v) is 5.41. The van der Waals surface area contributed by atoms with Gasteiger partial charge >= 0.3 is 12.0 Å². The SMILES string of the molecule is CCO.CCOC(=O)C1=C(C)NC(=O)NC1c1ccc(NC(C)=O)cc1. The molecule has 0 fully saturated rings. The number of esters is 1. The highest BCUT2D eigenvalue weighted by atomic mass is 16.5. The molecule has 8 nitrogen and oxygen atoms in total. The Hall–Kier alpha value is -2.87. The molecule has 4 N–H and O–H groups in total. The van der Waals surface area contributed by atoms with Crippen LogP contribution in [0.3, 0.4) is 0 Å². The third-order valence-electron chi connectivity index (χ3n) is 3.33. The Balaban J connectivity index is 0.00000105. The normalized spacial score (nSPS) is 15.9. The van der Waals surface area contributed by atoms with E-state index >= 15 is 0 Å². The fourth-order valence-corrected chi connectivity index (χ4v) is 2.39. The number of carbonyl (C=O) groups is 3. The van der Waals surface area contributed by atoms with Crippen molar-refractivity contribution in [2.45, 2.75) is 33.7 Å². The molecule has 0 saturated heterocycles. The zero-order chi connectivity index (χ0) is 19.7. The van der Waals surface area contributed by atoms with Gasteiger partial charge in [-0.25, -0.2) is 9.59 Å². The number of hydrogen-bond acceptors (Lipinski definition) is 5. The number of hydrogen-bond donors (Lipinski definition) is 4. The summed E-state index contributed by atoms with van der Waals surface area (Å²) in [7, 11) is 0. The van der Waals surface area contributed by atoms with Crippen molar-refractivity contribution in [1.29, 1.82) is 0 Å². The van der Waals surface area contributed by atoms with Gasteiger partial charge in [-0.1, -0.05) is 12.1 Å². The first-order chi connectivity index (χ1) is 12.3. The molecule has 0 bridgehead atoms. The Labute approximate surface area is 152 Å². The first-order valence-corrected chi connectivity index (χ1v) is 8.27. The van der Waals surface area contributed by atoms with Crippen molar-refractivity contribution >= 4 is 23.6 Å². The third-order valence-corrected chi connectivity index (χ3v) is 3.33. The van der Waals surface area contributed by atoms with Crippen LogP contribution in [0.15, 0.2) is 35.5 Å². The van der Waals surface area contributed by atoms with E-state index in [2.05, 4.69) is 16.0 Å². The summed E-state index contributed by atoms with van der Waals surface area (Å²) >= 11 is 0. The predicted octanol–water partition coefficient (Wildman–Crippen LogP) is 1.83. The zero-order valence-electron chi connectivity index (χ0n) is 15.4. The highest BCUT2D eigenvalue weighted by Crippen LogP contribution is 2.28. The Morgan fingerprint density at radius 3 is 2.31 bits per heavy atom. The van der Waals surface area contributed by atoms with E-state index < -0.39 is 12.0 Å². The number of rotatable bonds is 4. The average molecular weight is 363 g/mol.